The summed E-state index contributed by atoms with van der Waals surface area (Å²) in [6.07, 6.45) is 0. The lowest BCUT2D eigenvalue weighted by atomic mass is 10.2. The second-order valence-electron chi connectivity index (χ2n) is 4.04. The zero-order chi connectivity index (χ0) is 17.1. The number of nitrogens with zero attached hydrogens (tertiary/aromatic N) is 1. The molecule has 0 aliphatic heterocycles. The number of rotatable bonds is 2. The van der Waals surface area contributed by atoms with Crippen molar-refractivity contribution in [3.8, 4) is 11.5 Å². The first kappa shape index (κ1) is 18.9. The van der Waals surface area contributed by atoms with Crippen molar-refractivity contribution in [2.45, 2.75) is 13.8 Å². The summed E-state index contributed by atoms with van der Waals surface area (Å²) in [5.41, 5.74) is 1.94. The van der Waals surface area contributed by atoms with Crippen LogP contribution in [0, 0.1) is 4.84 Å². The summed E-state index contributed by atoms with van der Waals surface area (Å²) in [5, 5.41) is 10.3. The molecule has 0 aliphatic rings. The molecule has 0 saturated heterocycles. The number of anilines is 1. The van der Waals surface area contributed by atoms with E-state index in [0.717, 1.165) is 16.3 Å². The van der Waals surface area contributed by atoms with Crippen LogP contribution in [0.2, 0.25) is 5.02 Å². The maximum atomic E-state index is 5.54. The van der Waals surface area contributed by atoms with Gasteiger partial charge in [-0.05, 0) is 48.6 Å². The minimum atomic E-state index is 0.290. The number of halogens is 1. The lowest BCUT2D eigenvalue weighted by molar-refractivity contribution is 0.552. The lowest BCUT2D eigenvalue weighted by Gasteiger charge is -1.99. The van der Waals surface area contributed by atoms with E-state index < -0.39 is 0 Å². The molecule has 0 bridgehead atoms. The monoisotopic (exact) mass is 349 g/mol. The maximum Gasteiger partial charge on any atom is 0.284 e. The van der Waals surface area contributed by atoms with Crippen molar-refractivity contribution in [3.63, 3.8) is 0 Å². The summed E-state index contributed by atoms with van der Waals surface area (Å²) in [6.45, 7) is 4.00. The molecule has 0 saturated carbocycles. The van der Waals surface area contributed by atoms with Crippen LogP contribution >= 0.6 is 23.8 Å². The summed E-state index contributed by atoms with van der Waals surface area (Å²) in [5.74, 6) is 0.512. The van der Waals surface area contributed by atoms with Crippen LogP contribution in [-0.4, -0.2) is 17.2 Å². The van der Waals surface area contributed by atoms with Gasteiger partial charge >= 0.3 is 0 Å². The molecule has 3 aromatic rings. The van der Waals surface area contributed by atoms with Gasteiger partial charge in [-0.15, -0.1) is 5.10 Å². The number of hydrogen-bond acceptors (Lipinski definition) is 4. The first-order chi connectivity index (χ1) is 11.2. The van der Waals surface area contributed by atoms with Crippen molar-refractivity contribution in [3.05, 3.63) is 64.5 Å². The Bertz CT molecular complexity index is 723. The van der Waals surface area contributed by atoms with Gasteiger partial charge in [-0.1, -0.05) is 43.6 Å². The average Bonchev–Trinajstić information content (AvgIpc) is 3.04. The van der Waals surface area contributed by atoms with Crippen molar-refractivity contribution in [2.24, 2.45) is 0 Å². The lowest BCUT2D eigenvalue weighted by Crippen LogP contribution is -1.86. The standard InChI is InChI=1S/C9H9N3OS.C6H5Cl.C2H6/c1-10-7-4-2-6(3-5-7)8-11-12-9(14)13-8;7-6-4-2-1-3-5-6;1-2/h2-5,10H,1H3,(H,12,14);1-5H;1-2H3. The molecule has 6 heteroatoms. The SMILES string of the molecule is CC.CNc1ccc(-c2n[nH]c(=S)o2)cc1.Clc1ccccc1. The quantitative estimate of drug-likeness (QED) is 0.573. The number of nitrogens with one attached hydrogen (secondary N) is 2. The minimum absolute atomic E-state index is 0.290. The third kappa shape index (κ3) is 6.67. The number of aromatic nitrogens is 2. The Kier molecular flexibility index (Phi) is 8.72. The number of hydrogen-bond donors (Lipinski definition) is 2. The number of benzene rings is 2. The molecule has 122 valence electrons. The summed E-state index contributed by atoms with van der Waals surface area (Å²) >= 11 is 10.3. The predicted octanol–water partition coefficient (Wildman–Crippen LogP) is 5.81. The molecule has 0 fully saturated rings. The van der Waals surface area contributed by atoms with Crippen LogP contribution in [0.3, 0.4) is 0 Å². The minimum Gasteiger partial charge on any atom is -0.409 e. The van der Waals surface area contributed by atoms with Crippen LogP contribution in [0.5, 0.6) is 0 Å². The van der Waals surface area contributed by atoms with Gasteiger partial charge < -0.3 is 9.73 Å². The summed E-state index contributed by atoms with van der Waals surface area (Å²) in [4.78, 5) is 0.290. The molecule has 0 unspecified atom stereocenters. The molecule has 4 nitrogen and oxygen atoms in total. The fraction of sp³-hybridized carbons (Fsp3) is 0.176. The highest BCUT2D eigenvalue weighted by atomic mass is 35.5. The summed E-state index contributed by atoms with van der Waals surface area (Å²) < 4.78 is 5.17. The Morgan fingerprint density at radius 3 is 2.04 bits per heavy atom. The van der Waals surface area contributed by atoms with E-state index in [1.807, 2.05) is 75.5 Å². The van der Waals surface area contributed by atoms with Crippen LogP contribution in [0.4, 0.5) is 5.69 Å². The van der Waals surface area contributed by atoms with E-state index in [0.29, 0.717) is 5.89 Å². The van der Waals surface area contributed by atoms with Crippen molar-refractivity contribution in [2.75, 3.05) is 12.4 Å². The molecule has 0 amide bonds. The van der Waals surface area contributed by atoms with E-state index in [-0.39, 0.29) is 4.84 Å². The van der Waals surface area contributed by atoms with Gasteiger partial charge in [0.15, 0.2) is 0 Å². The van der Waals surface area contributed by atoms with Crippen molar-refractivity contribution < 1.29 is 4.42 Å². The Balaban J connectivity index is 0.000000247. The van der Waals surface area contributed by atoms with Crippen molar-refractivity contribution >= 4 is 29.5 Å². The molecule has 0 radical (unpaired) electrons. The molecular weight excluding hydrogens is 330 g/mol. The van der Waals surface area contributed by atoms with E-state index in [1.165, 1.54) is 0 Å². The fourth-order valence-electron chi connectivity index (χ4n) is 1.55. The van der Waals surface area contributed by atoms with E-state index in [9.17, 15) is 0 Å². The molecule has 0 aliphatic carbocycles. The van der Waals surface area contributed by atoms with Gasteiger partial charge in [-0.25, -0.2) is 5.10 Å². The smallest absolute Gasteiger partial charge is 0.284 e. The highest BCUT2D eigenvalue weighted by Crippen LogP contribution is 2.18. The van der Waals surface area contributed by atoms with Gasteiger partial charge in [0, 0.05) is 23.3 Å². The summed E-state index contributed by atoms with van der Waals surface area (Å²) in [7, 11) is 1.87. The zero-order valence-corrected chi connectivity index (χ0v) is 14.9. The maximum absolute atomic E-state index is 5.54. The molecule has 2 N–H and O–H groups in total. The Morgan fingerprint density at radius 2 is 1.65 bits per heavy atom. The summed E-state index contributed by atoms with van der Waals surface area (Å²) in [6, 6.07) is 17.2. The molecule has 1 heterocycles. The first-order valence-electron chi connectivity index (χ1n) is 7.23. The van der Waals surface area contributed by atoms with Gasteiger partial charge in [-0.2, -0.15) is 0 Å². The van der Waals surface area contributed by atoms with Gasteiger partial charge in [0.2, 0.25) is 5.89 Å². The first-order valence-corrected chi connectivity index (χ1v) is 8.02. The number of aromatic amines is 1. The Labute approximate surface area is 146 Å². The third-order valence-electron chi connectivity index (χ3n) is 2.59. The Morgan fingerprint density at radius 1 is 1.04 bits per heavy atom. The molecule has 0 atom stereocenters. The second-order valence-corrected chi connectivity index (χ2v) is 4.85. The molecule has 3 rings (SSSR count). The van der Waals surface area contributed by atoms with E-state index in [2.05, 4.69) is 15.5 Å². The largest absolute Gasteiger partial charge is 0.409 e. The van der Waals surface area contributed by atoms with Crippen LogP contribution in [0.25, 0.3) is 11.5 Å². The number of H-pyrrole nitrogens is 1. The van der Waals surface area contributed by atoms with E-state index >= 15 is 0 Å². The van der Waals surface area contributed by atoms with Gasteiger partial charge in [0.25, 0.3) is 4.84 Å². The zero-order valence-electron chi connectivity index (χ0n) is 13.3. The normalized spacial score (nSPS) is 9.04. The topological polar surface area (TPSA) is 53.9 Å². The fourth-order valence-corrected chi connectivity index (χ4v) is 1.82. The highest BCUT2D eigenvalue weighted by molar-refractivity contribution is 7.71. The molecule has 23 heavy (non-hydrogen) atoms. The average molecular weight is 350 g/mol. The van der Waals surface area contributed by atoms with Crippen LogP contribution in [-0.2, 0) is 0 Å². The molecule has 1 aromatic heterocycles. The molecule has 0 spiro atoms. The molecule has 2 aromatic carbocycles. The Hall–Kier alpha value is -2.11. The van der Waals surface area contributed by atoms with Crippen molar-refractivity contribution in [1.82, 2.24) is 10.2 Å². The van der Waals surface area contributed by atoms with Crippen LogP contribution < -0.4 is 5.32 Å². The predicted molar refractivity (Wildman–Crippen MR) is 99.5 cm³/mol. The van der Waals surface area contributed by atoms with Gasteiger partial charge in [-0.3, -0.25) is 0 Å². The van der Waals surface area contributed by atoms with Gasteiger partial charge in [0.05, 0.1) is 0 Å². The van der Waals surface area contributed by atoms with E-state index in [4.69, 9.17) is 28.2 Å². The second kappa shape index (κ2) is 10.6. The van der Waals surface area contributed by atoms with E-state index in [1.54, 1.807) is 0 Å². The third-order valence-corrected chi connectivity index (χ3v) is 3.02. The van der Waals surface area contributed by atoms with Crippen LogP contribution in [0.1, 0.15) is 13.8 Å². The van der Waals surface area contributed by atoms with Crippen LogP contribution in [0.15, 0.2) is 59.0 Å². The van der Waals surface area contributed by atoms with Crippen molar-refractivity contribution in [1.29, 1.82) is 0 Å². The molecular formula is C17H20ClN3OS. The highest BCUT2D eigenvalue weighted by Gasteiger charge is 2.02. The van der Waals surface area contributed by atoms with Gasteiger partial charge in [0.1, 0.15) is 0 Å².